The van der Waals surface area contributed by atoms with Gasteiger partial charge in [0.1, 0.15) is 11.8 Å². The lowest BCUT2D eigenvalue weighted by Crippen LogP contribution is -2.68. The fourth-order valence-electron chi connectivity index (χ4n) is 2.00. The summed E-state index contributed by atoms with van der Waals surface area (Å²) in [5, 5.41) is 0. The highest BCUT2D eigenvalue weighted by Gasteiger charge is 2.42. The van der Waals surface area contributed by atoms with Gasteiger partial charge in [-0.25, -0.2) is 4.79 Å². The number of methoxy groups -OCH3 is 2. The summed E-state index contributed by atoms with van der Waals surface area (Å²) in [6.45, 7) is 4.66. The number of carbonyl (C=O) groups is 1. The molecule has 1 heterocycles. The summed E-state index contributed by atoms with van der Waals surface area (Å²) >= 11 is 0. The van der Waals surface area contributed by atoms with Gasteiger partial charge >= 0.3 is 5.97 Å². The van der Waals surface area contributed by atoms with Crippen LogP contribution in [0.1, 0.15) is 13.8 Å². The van der Waals surface area contributed by atoms with Crippen LogP contribution < -0.4 is 15.4 Å². The van der Waals surface area contributed by atoms with Crippen molar-refractivity contribution in [3.63, 3.8) is 0 Å². The summed E-state index contributed by atoms with van der Waals surface area (Å²) in [4.78, 5) is 13.5. The standard InChI is InChI=1S/C12H16N2O3.C2H6/c1-16-9-5-3-8(4-6-9)14-7-10(13)11(14)12(15)17-2;1-2/h3-6,10-11H,7,13H2,1-2H3;1-2H3. The van der Waals surface area contributed by atoms with E-state index in [2.05, 4.69) is 0 Å². The van der Waals surface area contributed by atoms with Gasteiger partial charge in [0.05, 0.1) is 20.3 Å². The van der Waals surface area contributed by atoms with Gasteiger partial charge < -0.3 is 20.1 Å². The molecule has 0 spiro atoms. The molecule has 0 amide bonds. The molecule has 1 saturated heterocycles. The van der Waals surface area contributed by atoms with Crippen molar-refractivity contribution in [3.05, 3.63) is 24.3 Å². The van der Waals surface area contributed by atoms with Gasteiger partial charge in [-0.2, -0.15) is 0 Å². The third kappa shape index (κ3) is 3.17. The first-order chi connectivity index (χ1) is 9.17. The Morgan fingerprint density at radius 2 is 1.84 bits per heavy atom. The number of benzene rings is 1. The van der Waals surface area contributed by atoms with Crippen molar-refractivity contribution in [2.24, 2.45) is 5.73 Å². The van der Waals surface area contributed by atoms with Crippen molar-refractivity contribution >= 4 is 11.7 Å². The zero-order valence-electron chi connectivity index (χ0n) is 11.9. The van der Waals surface area contributed by atoms with Crippen LogP contribution in [0.4, 0.5) is 5.69 Å². The molecule has 2 unspecified atom stereocenters. The molecule has 1 aromatic carbocycles. The van der Waals surface area contributed by atoms with Crippen LogP contribution in [0.3, 0.4) is 0 Å². The molecular formula is C14H22N2O3. The topological polar surface area (TPSA) is 64.8 Å². The van der Waals surface area contributed by atoms with Gasteiger partial charge in [-0.05, 0) is 24.3 Å². The Balaban J connectivity index is 0.000000861. The highest BCUT2D eigenvalue weighted by molar-refractivity contribution is 5.83. The Kier molecular flexibility index (Phi) is 5.63. The van der Waals surface area contributed by atoms with E-state index in [1.807, 2.05) is 43.0 Å². The predicted octanol–water partition coefficient (Wildman–Crippen LogP) is 1.41. The van der Waals surface area contributed by atoms with Gasteiger partial charge in [0.2, 0.25) is 0 Å². The SMILES string of the molecule is CC.COC(=O)C1C(N)CN1c1ccc(OC)cc1. The van der Waals surface area contributed by atoms with Gasteiger partial charge in [0, 0.05) is 12.2 Å². The van der Waals surface area contributed by atoms with Crippen LogP contribution in [-0.2, 0) is 9.53 Å². The molecule has 2 N–H and O–H groups in total. The minimum absolute atomic E-state index is 0.162. The molecule has 2 atom stereocenters. The highest BCUT2D eigenvalue weighted by atomic mass is 16.5. The largest absolute Gasteiger partial charge is 0.497 e. The second-order valence-corrected chi connectivity index (χ2v) is 3.98. The maximum absolute atomic E-state index is 11.5. The normalized spacial score (nSPS) is 20.8. The molecule has 1 aliphatic rings. The van der Waals surface area contributed by atoms with Crippen LogP contribution in [0.25, 0.3) is 0 Å². The highest BCUT2D eigenvalue weighted by Crippen LogP contribution is 2.28. The second-order valence-electron chi connectivity index (χ2n) is 3.98. The molecule has 5 nitrogen and oxygen atoms in total. The third-order valence-corrected chi connectivity index (χ3v) is 3.00. The molecule has 106 valence electrons. The van der Waals surface area contributed by atoms with Crippen LogP contribution in [-0.4, -0.2) is 38.8 Å². The summed E-state index contributed by atoms with van der Waals surface area (Å²) in [5.41, 5.74) is 6.76. The number of rotatable bonds is 3. The first kappa shape index (κ1) is 15.3. The summed E-state index contributed by atoms with van der Waals surface area (Å²) in [7, 11) is 2.99. The van der Waals surface area contributed by atoms with Crippen molar-refractivity contribution in [1.29, 1.82) is 0 Å². The zero-order chi connectivity index (χ0) is 14.4. The van der Waals surface area contributed by atoms with Gasteiger partial charge in [0.25, 0.3) is 0 Å². The first-order valence-electron chi connectivity index (χ1n) is 6.41. The lowest BCUT2D eigenvalue weighted by atomic mass is 9.96. The maximum atomic E-state index is 11.5. The van der Waals surface area contributed by atoms with Crippen LogP contribution in [0.2, 0.25) is 0 Å². The molecular weight excluding hydrogens is 244 g/mol. The smallest absolute Gasteiger partial charge is 0.330 e. The lowest BCUT2D eigenvalue weighted by molar-refractivity contribution is -0.144. The molecule has 1 aromatic rings. The Morgan fingerprint density at radius 3 is 2.26 bits per heavy atom. The quantitative estimate of drug-likeness (QED) is 0.838. The number of nitrogens with zero attached hydrogens (tertiary/aromatic N) is 1. The Labute approximate surface area is 114 Å². The molecule has 0 saturated carbocycles. The minimum atomic E-state index is -0.381. The fourth-order valence-corrected chi connectivity index (χ4v) is 2.00. The van der Waals surface area contributed by atoms with E-state index in [1.165, 1.54) is 7.11 Å². The van der Waals surface area contributed by atoms with E-state index in [0.717, 1.165) is 11.4 Å². The summed E-state index contributed by atoms with van der Waals surface area (Å²) in [6, 6.07) is 6.97. The van der Waals surface area contributed by atoms with Crippen LogP contribution in [0, 0.1) is 0 Å². The number of ether oxygens (including phenoxy) is 2. The molecule has 0 bridgehead atoms. The molecule has 2 rings (SSSR count). The average molecular weight is 266 g/mol. The number of hydrogen-bond acceptors (Lipinski definition) is 5. The Hall–Kier alpha value is -1.75. The van der Waals surface area contributed by atoms with Crippen molar-refractivity contribution in [3.8, 4) is 5.75 Å². The van der Waals surface area contributed by atoms with E-state index >= 15 is 0 Å². The van der Waals surface area contributed by atoms with Crippen molar-refractivity contribution in [2.45, 2.75) is 25.9 Å². The van der Waals surface area contributed by atoms with Gasteiger partial charge in [0.15, 0.2) is 0 Å². The molecule has 0 aliphatic carbocycles. The molecule has 1 aliphatic heterocycles. The molecule has 0 aromatic heterocycles. The summed E-state index contributed by atoms with van der Waals surface area (Å²) in [6.07, 6.45) is 0. The number of esters is 1. The molecule has 5 heteroatoms. The van der Waals surface area contributed by atoms with E-state index in [-0.39, 0.29) is 18.1 Å². The molecule has 0 radical (unpaired) electrons. The zero-order valence-corrected chi connectivity index (χ0v) is 11.9. The van der Waals surface area contributed by atoms with Crippen LogP contribution in [0.15, 0.2) is 24.3 Å². The average Bonchev–Trinajstić information content (AvgIpc) is 2.46. The van der Waals surface area contributed by atoms with E-state index in [9.17, 15) is 4.79 Å². The minimum Gasteiger partial charge on any atom is -0.497 e. The second kappa shape index (κ2) is 6.99. The fraction of sp³-hybridized carbons (Fsp3) is 0.500. The summed E-state index contributed by atoms with van der Waals surface area (Å²) in [5.74, 6) is 0.493. The van der Waals surface area contributed by atoms with E-state index < -0.39 is 0 Å². The first-order valence-corrected chi connectivity index (χ1v) is 6.41. The van der Waals surface area contributed by atoms with Crippen LogP contribution >= 0.6 is 0 Å². The Morgan fingerprint density at radius 1 is 1.26 bits per heavy atom. The predicted molar refractivity (Wildman–Crippen MR) is 75.5 cm³/mol. The Bertz CT molecular complexity index is 406. The monoisotopic (exact) mass is 266 g/mol. The van der Waals surface area contributed by atoms with Crippen LogP contribution in [0.5, 0.6) is 5.75 Å². The number of nitrogens with two attached hydrogens (primary N) is 1. The van der Waals surface area contributed by atoms with E-state index in [4.69, 9.17) is 15.2 Å². The summed E-state index contributed by atoms with van der Waals surface area (Å²) < 4.78 is 9.82. The van der Waals surface area contributed by atoms with Crippen molar-refractivity contribution in [1.82, 2.24) is 0 Å². The van der Waals surface area contributed by atoms with Crippen molar-refractivity contribution < 1.29 is 14.3 Å². The number of hydrogen-bond donors (Lipinski definition) is 1. The maximum Gasteiger partial charge on any atom is 0.330 e. The van der Waals surface area contributed by atoms with E-state index in [0.29, 0.717) is 6.54 Å². The molecule has 19 heavy (non-hydrogen) atoms. The number of anilines is 1. The number of carbonyl (C=O) groups excluding carboxylic acids is 1. The van der Waals surface area contributed by atoms with Gasteiger partial charge in [-0.1, -0.05) is 13.8 Å². The van der Waals surface area contributed by atoms with E-state index in [1.54, 1.807) is 7.11 Å². The lowest BCUT2D eigenvalue weighted by Gasteiger charge is -2.45. The van der Waals surface area contributed by atoms with Crippen molar-refractivity contribution in [2.75, 3.05) is 25.7 Å². The molecule has 1 fully saturated rings. The van der Waals surface area contributed by atoms with Gasteiger partial charge in [-0.15, -0.1) is 0 Å². The third-order valence-electron chi connectivity index (χ3n) is 3.00. The van der Waals surface area contributed by atoms with Gasteiger partial charge in [-0.3, -0.25) is 0 Å².